The molecule has 2 heterocycles. The summed E-state index contributed by atoms with van der Waals surface area (Å²) in [7, 11) is -1.69. The summed E-state index contributed by atoms with van der Waals surface area (Å²) in [6, 6.07) is 15.3. The number of carbonyl (C=O) groups is 1. The predicted molar refractivity (Wildman–Crippen MR) is 129 cm³/mol. The molecule has 2 aliphatic rings. The van der Waals surface area contributed by atoms with Crippen molar-refractivity contribution in [3.8, 4) is 0 Å². The fourth-order valence-corrected chi connectivity index (χ4v) is 5.97. The van der Waals surface area contributed by atoms with E-state index in [0.717, 1.165) is 37.4 Å². The van der Waals surface area contributed by atoms with Gasteiger partial charge >= 0.3 is 0 Å². The Bertz CT molecular complexity index is 1040. The van der Waals surface area contributed by atoms with Crippen LogP contribution in [0.5, 0.6) is 0 Å². The maximum absolute atomic E-state index is 13.0. The van der Waals surface area contributed by atoms with E-state index in [2.05, 4.69) is 29.2 Å². The maximum atomic E-state index is 13.0. The number of aryl methyl sites for hydroxylation is 1. The number of hydrogen-bond acceptors (Lipinski definition) is 5. The second-order valence-electron chi connectivity index (χ2n) is 8.95. The molecule has 33 heavy (non-hydrogen) atoms. The minimum Gasteiger partial charge on any atom is -0.378 e. The molecule has 2 aromatic rings. The van der Waals surface area contributed by atoms with Crippen LogP contribution in [0.3, 0.4) is 0 Å². The monoisotopic (exact) mass is 471 g/mol. The van der Waals surface area contributed by atoms with Crippen LogP contribution in [-0.4, -0.2) is 70.0 Å². The fourth-order valence-electron chi connectivity index (χ4n) is 4.50. The third kappa shape index (κ3) is 5.57. The summed E-state index contributed by atoms with van der Waals surface area (Å²) in [5.74, 6) is -0.0632. The Labute approximate surface area is 197 Å². The van der Waals surface area contributed by atoms with Gasteiger partial charge in [0.05, 0.1) is 18.1 Å². The number of amides is 1. The van der Waals surface area contributed by atoms with Crippen LogP contribution in [0.4, 0.5) is 5.69 Å². The fraction of sp³-hybridized carbons (Fsp3) is 0.480. The Morgan fingerprint density at radius 1 is 0.970 bits per heavy atom. The summed E-state index contributed by atoms with van der Waals surface area (Å²) in [5, 5.41) is 0. The molecule has 0 aliphatic carbocycles. The first-order valence-corrected chi connectivity index (χ1v) is 13.0. The van der Waals surface area contributed by atoms with Crippen LogP contribution < -0.4 is 4.90 Å². The largest absolute Gasteiger partial charge is 0.378 e. The molecular weight excluding hydrogens is 438 g/mol. The second-order valence-corrected chi connectivity index (χ2v) is 10.9. The molecule has 2 aliphatic heterocycles. The highest BCUT2D eigenvalue weighted by Crippen LogP contribution is 2.26. The summed E-state index contributed by atoms with van der Waals surface area (Å²) in [6.45, 7) is 6.52. The zero-order chi connectivity index (χ0) is 23.4. The van der Waals surface area contributed by atoms with Crippen molar-refractivity contribution < 1.29 is 17.9 Å². The third-order valence-corrected chi connectivity index (χ3v) is 8.48. The van der Waals surface area contributed by atoms with Crippen molar-refractivity contribution in [2.75, 3.05) is 51.3 Å². The lowest BCUT2D eigenvalue weighted by Crippen LogP contribution is -2.43. The summed E-state index contributed by atoms with van der Waals surface area (Å²) in [6.07, 6.45) is 1.09. The highest BCUT2D eigenvalue weighted by Gasteiger charge is 2.33. The minimum atomic E-state index is -3.51. The average Bonchev–Trinajstić information content (AvgIpc) is 2.85. The lowest BCUT2D eigenvalue weighted by Gasteiger charge is -2.32. The molecule has 0 aromatic heterocycles. The molecule has 4 rings (SSSR count). The van der Waals surface area contributed by atoms with E-state index in [-0.39, 0.29) is 11.8 Å². The molecule has 0 atom stereocenters. The zero-order valence-corrected chi connectivity index (χ0v) is 20.3. The van der Waals surface area contributed by atoms with Crippen molar-refractivity contribution in [3.05, 3.63) is 59.7 Å². The number of piperidine rings is 1. The SMILES string of the molecule is Cc1ccc(S(=O)(=O)N2CCC(C(=O)N(C)Cc3ccc(N4CCOCC4)cc3)CC2)cc1. The molecule has 7 nitrogen and oxygen atoms in total. The van der Waals surface area contributed by atoms with E-state index in [9.17, 15) is 13.2 Å². The van der Waals surface area contributed by atoms with Gasteiger partial charge < -0.3 is 14.5 Å². The van der Waals surface area contributed by atoms with Gasteiger partial charge in [-0.05, 0) is 49.6 Å². The van der Waals surface area contributed by atoms with Crippen molar-refractivity contribution in [2.24, 2.45) is 5.92 Å². The average molecular weight is 472 g/mol. The number of sulfonamides is 1. The molecule has 178 valence electrons. The van der Waals surface area contributed by atoms with E-state index in [0.29, 0.717) is 37.4 Å². The van der Waals surface area contributed by atoms with Crippen molar-refractivity contribution in [3.63, 3.8) is 0 Å². The van der Waals surface area contributed by atoms with Gasteiger partial charge in [-0.15, -0.1) is 0 Å². The number of nitrogens with zero attached hydrogens (tertiary/aromatic N) is 3. The minimum absolute atomic E-state index is 0.0830. The topological polar surface area (TPSA) is 70.2 Å². The Morgan fingerprint density at radius 2 is 1.58 bits per heavy atom. The normalized spacial score (nSPS) is 18.3. The van der Waals surface area contributed by atoms with Crippen LogP contribution in [0.2, 0.25) is 0 Å². The first kappa shape index (κ1) is 23.7. The zero-order valence-electron chi connectivity index (χ0n) is 19.4. The molecule has 1 amide bonds. The Morgan fingerprint density at radius 3 is 2.18 bits per heavy atom. The molecule has 0 radical (unpaired) electrons. The van der Waals surface area contributed by atoms with Gasteiger partial charge in [0.1, 0.15) is 0 Å². The van der Waals surface area contributed by atoms with Gasteiger partial charge in [0.15, 0.2) is 0 Å². The van der Waals surface area contributed by atoms with E-state index in [4.69, 9.17) is 4.74 Å². The Balaban J connectivity index is 1.30. The number of morpholine rings is 1. The van der Waals surface area contributed by atoms with Gasteiger partial charge in [0.2, 0.25) is 15.9 Å². The molecule has 2 aromatic carbocycles. The maximum Gasteiger partial charge on any atom is 0.243 e. The molecule has 2 fully saturated rings. The first-order valence-electron chi connectivity index (χ1n) is 11.6. The van der Waals surface area contributed by atoms with E-state index in [1.807, 2.05) is 26.1 Å². The van der Waals surface area contributed by atoms with Crippen molar-refractivity contribution in [2.45, 2.75) is 31.2 Å². The summed E-state index contributed by atoms with van der Waals surface area (Å²) in [4.78, 5) is 17.4. The van der Waals surface area contributed by atoms with Crippen LogP contribution in [0, 0.1) is 12.8 Å². The Hall–Kier alpha value is -2.42. The van der Waals surface area contributed by atoms with E-state index in [1.54, 1.807) is 17.0 Å². The number of ether oxygens (including phenoxy) is 1. The van der Waals surface area contributed by atoms with Gasteiger partial charge in [-0.1, -0.05) is 29.8 Å². The number of rotatable bonds is 6. The second kappa shape index (κ2) is 10.2. The smallest absolute Gasteiger partial charge is 0.243 e. The third-order valence-electron chi connectivity index (χ3n) is 6.57. The van der Waals surface area contributed by atoms with E-state index in [1.165, 1.54) is 9.99 Å². The van der Waals surface area contributed by atoms with Crippen LogP contribution >= 0.6 is 0 Å². The highest BCUT2D eigenvalue weighted by atomic mass is 32.2. The first-order chi connectivity index (χ1) is 15.8. The van der Waals surface area contributed by atoms with E-state index >= 15 is 0 Å². The van der Waals surface area contributed by atoms with E-state index < -0.39 is 10.0 Å². The van der Waals surface area contributed by atoms with Gasteiger partial charge in [-0.2, -0.15) is 4.31 Å². The number of anilines is 1. The van der Waals surface area contributed by atoms with Crippen LogP contribution in [0.15, 0.2) is 53.4 Å². The van der Waals surface area contributed by atoms with Crippen LogP contribution in [0.1, 0.15) is 24.0 Å². The van der Waals surface area contributed by atoms with Gasteiger partial charge in [-0.25, -0.2) is 8.42 Å². The van der Waals surface area contributed by atoms with Crippen molar-refractivity contribution >= 4 is 21.6 Å². The molecule has 0 unspecified atom stereocenters. The predicted octanol–water partition coefficient (Wildman–Crippen LogP) is 2.89. The molecule has 8 heteroatoms. The number of benzene rings is 2. The van der Waals surface area contributed by atoms with Crippen molar-refractivity contribution in [1.82, 2.24) is 9.21 Å². The highest BCUT2D eigenvalue weighted by molar-refractivity contribution is 7.89. The molecular formula is C25H33N3O4S. The summed E-state index contributed by atoms with van der Waals surface area (Å²) < 4.78 is 32.7. The quantitative estimate of drug-likeness (QED) is 0.648. The lowest BCUT2D eigenvalue weighted by molar-refractivity contribution is -0.135. The molecule has 0 saturated carbocycles. The molecule has 0 spiro atoms. The van der Waals surface area contributed by atoms with Crippen molar-refractivity contribution in [1.29, 1.82) is 0 Å². The van der Waals surface area contributed by atoms with Gasteiger partial charge in [-0.3, -0.25) is 4.79 Å². The molecule has 0 N–H and O–H groups in total. The van der Waals surface area contributed by atoms with Crippen LogP contribution in [-0.2, 0) is 26.1 Å². The lowest BCUT2D eigenvalue weighted by atomic mass is 9.96. The summed E-state index contributed by atoms with van der Waals surface area (Å²) >= 11 is 0. The number of hydrogen-bond donors (Lipinski definition) is 0. The summed E-state index contributed by atoms with van der Waals surface area (Å²) in [5.41, 5.74) is 3.29. The van der Waals surface area contributed by atoms with Gasteiger partial charge in [0.25, 0.3) is 0 Å². The number of carbonyl (C=O) groups excluding carboxylic acids is 1. The van der Waals surface area contributed by atoms with Gasteiger partial charge in [0, 0.05) is 51.4 Å². The van der Waals surface area contributed by atoms with Crippen LogP contribution in [0.25, 0.3) is 0 Å². The standard InChI is InChI=1S/C25H33N3O4S/c1-20-3-9-24(10-4-20)33(30,31)28-13-11-22(12-14-28)25(29)26(2)19-21-5-7-23(8-6-21)27-15-17-32-18-16-27/h3-10,22H,11-19H2,1-2H3. The Kier molecular flexibility index (Phi) is 7.36. The molecule has 2 saturated heterocycles. The molecule has 0 bridgehead atoms.